The maximum atomic E-state index is 6.48. The van der Waals surface area contributed by atoms with Gasteiger partial charge in [-0.2, -0.15) is 5.10 Å². The van der Waals surface area contributed by atoms with Crippen LogP contribution in [0.5, 0.6) is 0 Å². The SMILES string of the molecule is CC1Cn2nc(C34CCC(COCc5ccccc5)(CC3)OC4)cc2-c2cncn21. The Kier molecular flexibility index (Phi) is 4.15. The minimum Gasteiger partial charge on any atom is -0.374 e. The van der Waals surface area contributed by atoms with Crippen molar-refractivity contribution in [2.75, 3.05) is 13.2 Å². The number of rotatable bonds is 5. The predicted octanol–water partition coefficient (Wildman–Crippen LogP) is 4.12. The lowest BCUT2D eigenvalue weighted by Crippen LogP contribution is -2.55. The van der Waals surface area contributed by atoms with Gasteiger partial charge < -0.3 is 14.0 Å². The molecule has 1 atom stereocenters. The van der Waals surface area contributed by atoms with Crippen molar-refractivity contribution in [1.82, 2.24) is 19.3 Å². The first kappa shape index (κ1) is 18.3. The molecule has 1 unspecified atom stereocenters. The first-order valence-corrected chi connectivity index (χ1v) is 11.0. The lowest BCUT2D eigenvalue weighted by atomic mass is 9.64. The van der Waals surface area contributed by atoms with Crippen molar-refractivity contribution in [3.8, 4) is 11.4 Å². The van der Waals surface area contributed by atoms with E-state index in [4.69, 9.17) is 14.6 Å². The van der Waals surface area contributed by atoms with E-state index < -0.39 is 0 Å². The normalized spacial score (nSPS) is 29.6. The first-order chi connectivity index (χ1) is 14.7. The number of aromatic nitrogens is 4. The van der Waals surface area contributed by atoms with E-state index in [1.807, 2.05) is 18.6 Å². The molecule has 0 radical (unpaired) electrons. The predicted molar refractivity (Wildman–Crippen MR) is 113 cm³/mol. The molecule has 3 fully saturated rings. The van der Waals surface area contributed by atoms with Crippen LogP contribution in [0.3, 0.4) is 0 Å². The molecule has 1 aromatic carbocycles. The van der Waals surface area contributed by atoms with Crippen molar-refractivity contribution in [3.05, 3.63) is 60.2 Å². The molecule has 3 aliphatic heterocycles. The summed E-state index contributed by atoms with van der Waals surface area (Å²) in [6, 6.07) is 13.0. The molecule has 0 spiro atoms. The zero-order chi connectivity index (χ0) is 20.2. The second-order valence-corrected chi connectivity index (χ2v) is 9.36. The van der Waals surface area contributed by atoms with E-state index in [9.17, 15) is 0 Å². The van der Waals surface area contributed by atoms with Gasteiger partial charge >= 0.3 is 0 Å². The highest BCUT2D eigenvalue weighted by molar-refractivity contribution is 5.57. The fourth-order valence-electron chi connectivity index (χ4n) is 5.42. The maximum absolute atomic E-state index is 6.48. The van der Waals surface area contributed by atoms with Crippen molar-refractivity contribution >= 4 is 0 Å². The van der Waals surface area contributed by atoms with Crippen LogP contribution < -0.4 is 0 Å². The van der Waals surface area contributed by atoms with Gasteiger partial charge in [0.1, 0.15) is 0 Å². The minimum atomic E-state index is -0.122. The topological polar surface area (TPSA) is 54.1 Å². The molecule has 3 aromatic rings. The number of fused-ring (bicyclic) bond motifs is 6. The summed E-state index contributed by atoms with van der Waals surface area (Å²) in [7, 11) is 0. The average Bonchev–Trinajstić information content (AvgIpc) is 3.44. The highest BCUT2D eigenvalue weighted by atomic mass is 16.5. The summed E-state index contributed by atoms with van der Waals surface area (Å²) in [5.74, 6) is 0. The Hall–Kier alpha value is -2.44. The van der Waals surface area contributed by atoms with Crippen LogP contribution in [0.4, 0.5) is 0 Å². The molecule has 4 aliphatic rings. The molecule has 1 aliphatic carbocycles. The van der Waals surface area contributed by atoms with E-state index in [1.54, 1.807) is 0 Å². The van der Waals surface area contributed by atoms with Gasteiger partial charge in [0.2, 0.25) is 0 Å². The molecule has 0 amide bonds. The van der Waals surface area contributed by atoms with Crippen LogP contribution in [-0.2, 0) is 28.0 Å². The standard InChI is InChI=1S/C24H28N4O2/c1-18-13-28-20(21-12-25-17-27(18)21)11-22(26-28)23-7-9-24(10-8-23,30-15-23)16-29-14-19-5-3-2-4-6-19/h2-6,11-12,17-18H,7-10,13-16H2,1H3. The fourth-order valence-corrected chi connectivity index (χ4v) is 5.42. The lowest BCUT2D eigenvalue weighted by molar-refractivity contribution is -0.186. The Morgan fingerprint density at radius 1 is 1.13 bits per heavy atom. The van der Waals surface area contributed by atoms with Crippen LogP contribution >= 0.6 is 0 Å². The molecule has 0 N–H and O–H groups in total. The summed E-state index contributed by atoms with van der Waals surface area (Å²) in [4.78, 5) is 4.36. The van der Waals surface area contributed by atoms with E-state index in [0.717, 1.165) is 38.8 Å². The number of hydrogen-bond donors (Lipinski definition) is 0. The van der Waals surface area contributed by atoms with Crippen molar-refractivity contribution in [1.29, 1.82) is 0 Å². The summed E-state index contributed by atoms with van der Waals surface area (Å²) >= 11 is 0. The monoisotopic (exact) mass is 404 g/mol. The second kappa shape index (κ2) is 6.79. The molecule has 2 bridgehead atoms. The number of imidazole rings is 1. The Balaban J connectivity index is 1.17. The van der Waals surface area contributed by atoms with Gasteiger partial charge in [0.25, 0.3) is 0 Å². The van der Waals surface area contributed by atoms with Crippen molar-refractivity contribution in [2.45, 2.75) is 62.8 Å². The van der Waals surface area contributed by atoms with Crippen molar-refractivity contribution < 1.29 is 9.47 Å². The summed E-state index contributed by atoms with van der Waals surface area (Å²) in [6.07, 6.45) is 8.21. The quantitative estimate of drug-likeness (QED) is 0.642. The Morgan fingerprint density at radius 2 is 1.97 bits per heavy atom. The van der Waals surface area contributed by atoms with Crippen LogP contribution in [0.2, 0.25) is 0 Å². The Morgan fingerprint density at radius 3 is 2.73 bits per heavy atom. The molecule has 6 heteroatoms. The van der Waals surface area contributed by atoms with Gasteiger partial charge in [-0.15, -0.1) is 0 Å². The maximum Gasteiger partial charge on any atom is 0.0954 e. The molecule has 2 saturated heterocycles. The van der Waals surface area contributed by atoms with Gasteiger partial charge in [-0.25, -0.2) is 4.98 Å². The Bertz CT molecular complexity index is 1030. The van der Waals surface area contributed by atoms with Gasteiger partial charge in [-0.05, 0) is 44.2 Å². The molecule has 1 saturated carbocycles. The molecule has 30 heavy (non-hydrogen) atoms. The highest BCUT2D eigenvalue weighted by Crippen LogP contribution is 2.50. The van der Waals surface area contributed by atoms with E-state index in [0.29, 0.717) is 19.3 Å². The third kappa shape index (κ3) is 2.85. The summed E-state index contributed by atoms with van der Waals surface area (Å²) in [5.41, 5.74) is 4.68. The van der Waals surface area contributed by atoms with Crippen LogP contribution in [0.25, 0.3) is 11.4 Å². The van der Waals surface area contributed by atoms with E-state index in [2.05, 4.69) is 51.5 Å². The fraction of sp³-hybridized carbons (Fsp3) is 0.500. The number of nitrogens with zero attached hydrogens (tertiary/aromatic N) is 4. The molecule has 6 nitrogen and oxygen atoms in total. The molecule has 5 heterocycles. The van der Waals surface area contributed by atoms with Gasteiger partial charge in [-0.1, -0.05) is 30.3 Å². The van der Waals surface area contributed by atoms with E-state index in [-0.39, 0.29) is 11.0 Å². The molecule has 156 valence electrons. The zero-order valence-electron chi connectivity index (χ0n) is 17.5. The summed E-state index contributed by atoms with van der Waals surface area (Å²) < 4.78 is 17.0. The number of ether oxygens (including phenoxy) is 2. The molecular formula is C24H28N4O2. The highest BCUT2D eigenvalue weighted by Gasteiger charge is 2.52. The molecule has 7 rings (SSSR count). The van der Waals surface area contributed by atoms with Gasteiger partial charge in [0.05, 0.1) is 67.6 Å². The van der Waals surface area contributed by atoms with Crippen LogP contribution in [0.1, 0.15) is 49.9 Å². The number of benzene rings is 1. The molecular weight excluding hydrogens is 376 g/mol. The van der Waals surface area contributed by atoms with Crippen molar-refractivity contribution in [2.24, 2.45) is 0 Å². The van der Waals surface area contributed by atoms with Gasteiger partial charge in [-0.3, -0.25) is 4.68 Å². The Labute approximate surface area is 176 Å². The minimum absolute atomic E-state index is 0.0413. The summed E-state index contributed by atoms with van der Waals surface area (Å²) in [5, 5.41) is 5.06. The van der Waals surface area contributed by atoms with Gasteiger partial charge in [0.15, 0.2) is 0 Å². The third-order valence-corrected chi connectivity index (χ3v) is 7.41. The van der Waals surface area contributed by atoms with Crippen molar-refractivity contribution in [3.63, 3.8) is 0 Å². The van der Waals surface area contributed by atoms with E-state index >= 15 is 0 Å². The average molecular weight is 405 g/mol. The molecule has 2 aromatic heterocycles. The van der Waals surface area contributed by atoms with Crippen LogP contribution in [0, 0.1) is 0 Å². The van der Waals surface area contributed by atoms with E-state index in [1.165, 1.54) is 22.6 Å². The largest absolute Gasteiger partial charge is 0.374 e. The smallest absolute Gasteiger partial charge is 0.0954 e. The number of hydrogen-bond acceptors (Lipinski definition) is 4. The second-order valence-electron chi connectivity index (χ2n) is 9.36. The van der Waals surface area contributed by atoms with Crippen LogP contribution in [-0.4, -0.2) is 38.1 Å². The van der Waals surface area contributed by atoms with Gasteiger partial charge in [0, 0.05) is 5.41 Å². The summed E-state index contributed by atoms with van der Waals surface area (Å²) in [6.45, 7) is 5.19. The lowest BCUT2D eigenvalue weighted by Gasteiger charge is -2.52. The van der Waals surface area contributed by atoms with Crippen LogP contribution in [0.15, 0.2) is 48.9 Å². The zero-order valence-corrected chi connectivity index (χ0v) is 17.5. The first-order valence-electron chi connectivity index (χ1n) is 11.0. The third-order valence-electron chi connectivity index (χ3n) is 7.41.